The van der Waals surface area contributed by atoms with Crippen molar-refractivity contribution in [2.45, 2.75) is 6.92 Å². The second-order valence-corrected chi connectivity index (χ2v) is 4.65. The van der Waals surface area contributed by atoms with Gasteiger partial charge in [0.05, 0.1) is 7.11 Å². The molecule has 0 radical (unpaired) electrons. The van der Waals surface area contributed by atoms with Crippen LogP contribution in [0.2, 0.25) is 0 Å². The summed E-state index contributed by atoms with van der Waals surface area (Å²) >= 11 is 0. The number of allylic oxidation sites excluding steroid dienone is 1. The number of benzene rings is 1. The summed E-state index contributed by atoms with van der Waals surface area (Å²) in [6.45, 7) is 1.88. The topological polar surface area (TPSA) is 72.8 Å². The van der Waals surface area contributed by atoms with Gasteiger partial charge in [0.25, 0.3) is 0 Å². The Morgan fingerprint density at radius 1 is 1.35 bits per heavy atom. The van der Waals surface area contributed by atoms with Crippen molar-refractivity contribution in [3.8, 4) is 11.5 Å². The van der Waals surface area contributed by atoms with Gasteiger partial charge in [0.1, 0.15) is 0 Å². The Morgan fingerprint density at radius 2 is 2.06 bits per heavy atom. The van der Waals surface area contributed by atoms with E-state index in [1.165, 1.54) is 7.11 Å². The first-order chi connectivity index (χ1) is 7.96. The lowest BCUT2D eigenvalue weighted by atomic mass is 10.2. The fourth-order valence-electron chi connectivity index (χ4n) is 1.24. The van der Waals surface area contributed by atoms with Crippen LogP contribution in [-0.4, -0.2) is 26.0 Å². The van der Waals surface area contributed by atoms with Crippen molar-refractivity contribution in [2.24, 2.45) is 0 Å². The second kappa shape index (κ2) is 5.70. The normalized spacial score (nSPS) is 11.7. The van der Waals surface area contributed by atoms with E-state index in [-0.39, 0.29) is 5.75 Å². The number of methoxy groups -OCH3 is 1. The van der Waals surface area contributed by atoms with E-state index in [1.54, 1.807) is 18.2 Å². The van der Waals surface area contributed by atoms with Crippen molar-refractivity contribution in [3.05, 3.63) is 29.8 Å². The van der Waals surface area contributed by atoms with Gasteiger partial charge < -0.3 is 9.47 Å². The molecule has 5 nitrogen and oxygen atoms in total. The Labute approximate surface area is 100 Å². The van der Waals surface area contributed by atoms with Crippen molar-refractivity contribution in [1.82, 2.24) is 0 Å². The lowest BCUT2D eigenvalue weighted by molar-refractivity contribution is 0.324. The first-order valence-electron chi connectivity index (χ1n) is 4.85. The first kappa shape index (κ1) is 13.5. The van der Waals surface area contributed by atoms with Gasteiger partial charge in [-0.1, -0.05) is 18.2 Å². The molecule has 0 saturated carbocycles. The lowest BCUT2D eigenvalue weighted by Crippen LogP contribution is -2.10. The van der Waals surface area contributed by atoms with Crippen LogP contribution < -0.4 is 9.47 Å². The predicted octanol–water partition coefficient (Wildman–Crippen LogP) is 1.95. The average molecular weight is 258 g/mol. The lowest BCUT2D eigenvalue weighted by Gasteiger charge is -2.09. The molecular weight excluding hydrogens is 244 g/mol. The highest BCUT2D eigenvalue weighted by Crippen LogP contribution is 2.28. The summed E-state index contributed by atoms with van der Waals surface area (Å²) < 4.78 is 39.7. The molecule has 6 heteroatoms. The second-order valence-electron chi connectivity index (χ2n) is 3.25. The molecule has 1 N–H and O–H groups in total. The molecule has 0 spiro atoms. The highest BCUT2D eigenvalue weighted by Gasteiger charge is 2.09. The van der Waals surface area contributed by atoms with Gasteiger partial charge in [0.2, 0.25) is 5.94 Å². The number of hydrogen-bond acceptors (Lipinski definition) is 4. The fraction of sp³-hybridized carbons (Fsp3) is 0.273. The van der Waals surface area contributed by atoms with E-state index < -0.39 is 16.1 Å². The van der Waals surface area contributed by atoms with Crippen LogP contribution in [0.15, 0.2) is 24.3 Å². The quantitative estimate of drug-likeness (QED) is 0.817. The molecule has 0 atom stereocenters. The SMILES string of the molecule is C/C=C/c1ccc(OCS(=O)(=O)O)c(OC)c1. The van der Waals surface area contributed by atoms with E-state index in [1.807, 2.05) is 19.1 Å². The summed E-state index contributed by atoms with van der Waals surface area (Å²) in [4.78, 5) is 0. The van der Waals surface area contributed by atoms with Gasteiger partial charge >= 0.3 is 10.1 Å². The summed E-state index contributed by atoms with van der Waals surface area (Å²) in [5, 5.41) is 0. The predicted molar refractivity (Wildman–Crippen MR) is 64.7 cm³/mol. The third kappa shape index (κ3) is 4.46. The van der Waals surface area contributed by atoms with Crippen LogP contribution in [0.4, 0.5) is 0 Å². The zero-order valence-electron chi connectivity index (χ0n) is 9.58. The number of hydrogen-bond donors (Lipinski definition) is 1. The molecule has 0 aliphatic heterocycles. The molecule has 1 rings (SSSR count). The average Bonchev–Trinajstić information content (AvgIpc) is 2.26. The van der Waals surface area contributed by atoms with Crippen LogP contribution in [0.25, 0.3) is 6.08 Å². The van der Waals surface area contributed by atoms with E-state index in [4.69, 9.17) is 14.0 Å². The van der Waals surface area contributed by atoms with Crippen molar-refractivity contribution in [2.75, 3.05) is 13.0 Å². The van der Waals surface area contributed by atoms with Crippen molar-refractivity contribution >= 4 is 16.2 Å². The molecule has 1 aromatic carbocycles. The monoisotopic (exact) mass is 258 g/mol. The molecule has 0 aliphatic carbocycles. The molecule has 1 aromatic rings. The molecule has 0 heterocycles. The first-order valence-corrected chi connectivity index (χ1v) is 6.46. The maximum Gasteiger partial charge on any atom is 0.300 e. The molecular formula is C11H14O5S. The Balaban J connectivity index is 2.93. The minimum atomic E-state index is -4.16. The van der Waals surface area contributed by atoms with Crippen molar-refractivity contribution in [1.29, 1.82) is 0 Å². The number of rotatable bonds is 5. The van der Waals surface area contributed by atoms with Crippen molar-refractivity contribution in [3.63, 3.8) is 0 Å². The van der Waals surface area contributed by atoms with E-state index in [0.29, 0.717) is 5.75 Å². The van der Waals surface area contributed by atoms with Crippen LogP contribution in [0.5, 0.6) is 11.5 Å². The van der Waals surface area contributed by atoms with Crippen LogP contribution in [0, 0.1) is 0 Å². The van der Waals surface area contributed by atoms with Gasteiger partial charge in [0.15, 0.2) is 11.5 Å². The highest BCUT2D eigenvalue weighted by atomic mass is 32.2. The van der Waals surface area contributed by atoms with Gasteiger partial charge in [-0.3, -0.25) is 4.55 Å². The minimum absolute atomic E-state index is 0.262. The Bertz CT molecular complexity index is 505. The molecule has 0 aromatic heterocycles. The van der Waals surface area contributed by atoms with Crippen LogP contribution in [0.3, 0.4) is 0 Å². The smallest absolute Gasteiger partial charge is 0.300 e. The Hall–Kier alpha value is -1.53. The Kier molecular flexibility index (Phi) is 4.53. The minimum Gasteiger partial charge on any atom is -0.493 e. The maximum atomic E-state index is 10.6. The zero-order valence-corrected chi connectivity index (χ0v) is 10.4. The fourth-order valence-corrected chi connectivity index (χ4v) is 1.51. The molecule has 0 aliphatic rings. The van der Waals surface area contributed by atoms with Crippen LogP contribution in [-0.2, 0) is 10.1 Å². The molecule has 0 saturated heterocycles. The molecule has 94 valence electrons. The largest absolute Gasteiger partial charge is 0.493 e. The molecule has 0 bridgehead atoms. The van der Waals surface area contributed by atoms with Gasteiger partial charge in [-0.2, -0.15) is 8.42 Å². The van der Waals surface area contributed by atoms with E-state index in [9.17, 15) is 8.42 Å². The van der Waals surface area contributed by atoms with Crippen LogP contribution in [0.1, 0.15) is 12.5 Å². The molecule has 0 unspecified atom stereocenters. The van der Waals surface area contributed by atoms with Gasteiger partial charge in [-0.15, -0.1) is 0 Å². The van der Waals surface area contributed by atoms with Gasteiger partial charge in [0, 0.05) is 0 Å². The third-order valence-electron chi connectivity index (χ3n) is 1.91. The summed E-state index contributed by atoms with van der Waals surface area (Å²) in [6, 6.07) is 5.04. The van der Waals surface area contributed by atoms with Crippen LogP contribution >= 0.6 is 0 Å². The van der Waals surface area contributed by atoms with Gasteiger partial charge in [-0.05, 0) is 24.6 Å². The summed E-state index contributed by atoms with van der Waals surface area (Å²) in [7, 11) is -2.71. The highest BCUT2D eigenvalue weighted by molar-refractivity contribution is 7.85. The molecule has 0 amide bonds. The molecule has 0 fully saturated rings. The summed E-state index contributed by atoms with van der Waals surface area (Å²) in [5.41, 5.74) is 0.906. The van der Waals surface area contributed by atoms with E-state index >= 15 is 0 Å². The zero-order chi connectivity index (χ0) is 12.9. The maximum absolute atomic E-state index is 10.6. The summed E-state index contributed by atoms with van der Waals surface area (Å²) in [6.07, 6.45) is 3.74. The van der Waals surface area contributed by atoms with E-state index in [2.05, 4.69) is 0 Å². The standard InChI is InChI=1S/C11H14O5S/c1-3-4-9-5-6-10(11(7-9)15-2)16-8-17(12,13)14/h3-7H,8H2,1-2H3,(H,12,13,14)/b4-3+. The van der Waals surface area contributed by atoms with Crippen molar-refractivity contribution < 1.29 is 22.4 Å². The molecule has 17 heavy (non-hydrogen) atoms. The van der Waals surface area contributed by atoms with Gasteiger partial charge in [-0.25, -0.2) is 0 Å². The number of ether oxygens (including phenoxy) is 2. The van der Waals surface area contributed by atoms with E-state index in [0.717, 1.165) is 5.56 Å². The third-order valence-corrected chi connectivity index (χ3v) is 2.33. The Morgan fingerprint density at radius 3 is 2.59 bits per heavy atom. The summed E-state index contributed by atoms with van der Waals surface area (Å²) in [5.74, 6) is -0.130.